The Morgan fingerprint density at radius 1 is 1.31 bits per heavy atom. The average Bonchev–Trinajstić information content (AvgIpc) is 3.06. The van der Waals surface area contributed by atoms with Gasteiger partial charge >= 0.3 is 0 Å². The summed E-state index contributed by atoms with van der Waals surface area (Å²) in [6.07, 6.45) is 4.93. The summed E-state index contributed by atoms with van der Waals surface area (Å²) in [5.41, 5.74) is 1.03. The number of rotatable bonds is 7. The Morgan fingerprint density at radius 2 is 2.19 bits per heavy atom. The van der Waals surface area contributed by atoms with Gasteiger partial charge in [-0.25, -0.2) is 4.68 Å². The first kappa shape index (κ1) is 17.8. The smallest absolute Gasteiger partial charge is 0.267 e. The van der Waals surface area contributed by atoms with E-state index < -0.39 is 0 Å². The van der Waals surface area contributed by atoms with E-state index in [0.29, 0.717) is 18.0 Å². The summed E-state index contributed by atoms with van der Waals surface area (Å²) in [5, 5.41) is 15.5. The van der Waals surface area contributed by atoms with Gasteiger partial charge in [0.25, 0.3) is 5.56 Å². The molecular weight excluding hydrogens is 354 g/mol. The third-order valence-electron chi connectivity index (χ3n) is 3.44. The van der Waals surface area contributed by atoms with Crippen molar-refractivity contribution in [2.24, 2.45) is 7.05 Å². The lowest BCUT2D eigenvalue weighted by molar-refractivity contribution is -0.121. The number of hydrogen-bond acceptors (Lipinski definition) is 7. The Balaban J connectivity index is 1.55. The number of hydrogen-bond donors (Lipinski definition) is 1. The lowest BCUT2D eigenvalue weighted by Gasteiger charge is -2.08. The third-order valence-corrected chi connectivity index (χ3v) is 4.48. The van der Waals surface area contributed by atoms with E-state index in [9.17, 15) is 9.59 Å². The van der Waals surface area contributed by atoms with E-state index in [1.165, 1.54) is 17.8 Å². The van der Waals surface area contributed by atoms with Crippen LogP contribution in [0.1, 0.15) is 0 Å². The van der Waals surface area contributed by atoms with Crippen LogP contribution in [-0.4, -0.2) is 47.7 Å². The lowest BCUT2D eigenvalue weighted by atomic mass is 10.2. The van der Waals surface area contributed by atoms with Gasteiger partial charge in [-0.15, -0.1) is 10.2 Å². The molecule has 0 saturated carbocycles. The highest BCUT2D eigenvalue weighted by molar-refractivity contribution is 7.99. The fourth-order valence-corrected chi connectivity index (χ4v) is 2.90. The molecule has 0 aromatic carbocycles. The van der Waals surface area contributed by atoms with Crippen molar-refractivity contribution in [3.8, 4) is 11.3 Å². The summed E-state index contributed by atoms with van der Waals surface area (Å²) >= 11 is 1.49. The normalized spacial score (nSPS) is 10.7. The number of carbonyl (C=O) groups excluding carboxylic acids is 1. The molecular formula is C16H17N7O2S. The molecule has 0 atom stereocenters. The van der Waals surface area contributed by atoms with Crippen LogP contribution in [0.2, 0.25) is 0 Å². The topological polar surface area (TPSA) is 108 Å². The monoisotopic (exact) mass is 371 g/mol. The maximum Gasteiger partial charge on any atom is 0.267 e. The van der Waals surface area contributed by atoms with Gasteiger partial charge in [-0.2, -0.15) is 5.10 Å². The van der Waals surface area contributed by atoms with Crippen molar-refractivity contribution < 1.29 is 4.79 Å². The Kier molecular flexibility index (Phi) is 5.74. The van der Waals surface area contributed by atoms with E-state index in [0.717, 1.165) is 15.4 Å². The lowest BCUT2D eigenvalue weighted by Crippen LogP contribution is -2.34. The predicted octanol–water partition coefficient (Wildman–Crippen LogP) is 0.342. The maximum absolute atomic E-state index is 12.1. The fraction of sp³-hybridized carbons (Fsp3) is 0.250. The summed E-state index contributed by atoms with van der Waals surface area (Å²) in [4.78, 5) is 28.0. The van der Waals surface area contributed by atoms with E-state index in [2.05, 4.69) is 25.6 Å². The second-order valence-electron chi connectivity index (χ2n) is 5.38. The maximum atomic E-state index is 12.1. The first-order valence-electron chi connectivity index (χ1n) is 7.85. The largest absolute Gasteiger partial charge is 0.354 e. The summed E-state index contributed by atoms with van der Waals surface area (Å²) in [7, 11) is 1.86. The second kappa shape index (κ2) is 8.39. The molecule has 0 spiro atoms. The van der Waals surface area contributed by atoms with E-state index in [-0.39, 0.29) is 18.0 Å². The molecule has 3 aromatic heterocycles. The van der Waals surface area contributed by atoms with Crippen LogP contribution in [0.15, 0.2) is 52.9 Å². The Morgan fingerprint density at radius 3 is 2.92 bits per heavy atom. The second-order valence-corrected chi connectivity index (χ2v) is 6.44. The van der Waals surface area contributed by atoms with E-state index in [4.69, 9.17) is 0 Å². The zero-order chi connectivity index (χ0) is 18.4. The summed E-state index contributed by atoms with van der Waals surface area (Å²) in [6, 6.07) is 6.64. The van der Waals surface area contributed by atoms with Crippen molar-refractivity contribution in [2.45, 2.75) is 11.7 Å². The van der Waals surface area contributed by atoms with Crippen molar-refractivity contribution in [1.29, 1.82) is 0 Å². The van der Waals surface area contributed by atoms with Crippen molar-refractivity contribution >= 4 is 17.7 Å². The van der Waals surface area contributed by atoms with E-state index in [1.807, 2.05) is 13.1 Å². The molecule has 10 heteroatoms. The van der Waals surface area contributed by atoms with Gasteiger partial charge in [-0.05, 0) is 18.2 Å². The number of carbonyl (C=O) groups is 1. The van der Waals surface area contributed by atoms with Gasteiger partial charge in [-0.1, -0.05) is 11.8 Å². The SMILES string of the molecule is Cn1cnnc1SCCNC(=O)Cn1nc(-c2cccnc2)ccc1=O. The molecule has 0 saturated heterocycles. The van der Waals surface area contributed by atoms with Crippen LogP contribution in [0.3, 0.4) is 0 Å². The number of nitrogens with one attached hydrogen (secondary N) is 1. The number of nitrogens with zero attached hydrogens (tertiary/aromatic N) is 6. The summed E-state index contributed by atoms with van der Waals surface area (Å²) in [5.74, 6) is 0.373. The molecule has 0 aliphatic heterocycles. The molecule has 26 heavy (non-hydrogen) atoms. The number of thioether (sulfide) groups is 1. The minimum absolute atomic E-state index is 0.137. The van der Waals surface area contributed by atoms with Gasteiger partial charge in [-0.3, -0.25) is 14.6 Å². The van der Waals surface area contributed by atoms with Crippen LogP contribution in [0.5, 0.6) is 0 Å². The van der Waals surface area contributed by atoms with Gasteiger partial charge < -0.3 is 9.88 Å². The van der Waals surface area contributed by atoms with Crippen molar-refractivity contribution in [3.05, 3.63) is 53.3 Å². The fourth-order valence-electron chi connectivity index (χ4n) is 2.16. The first-order chi connectivity index (χ1) is 12.6. The minimum Gasteiger partial charge on any atom is -0.354 e. The molecule has 134 valence electrons. The van der Waals surface area contributed by atoms with Crippen molar-refractivity contribution in [2.75, 3.05) is 12.3 Å². The molecule has 0 unspecified atom stereocenters. The number of aryl methyl sites for hydroxylation is 1. The molecule has 0 radical (unpaired) electrons. The highest BCUT2D eigenvalue weighted by atomic mass is 32.2. The van der Waals surface area contributed by atoms with E-state index in [1.54, 1.807) is 35.4 Å². The van der Waals surface area contributed by atoms with Crippen LogP contribution in [0, 0.1) is 0 Å². The average molecular weight is 371 g/mol. The van der Waals surface area contributed by atoms with Gasteiger partial charge in [0.15, 0.2) is 5.16 Å². The van der Waals surface area contributed by atoms with Gasteiger partial charge in [0.05, 0.1) is 5.69 Å². The standard InChI is InChI=1S/C16H17N7O2S/c1-22-11-19-20-16(22)26-8-7-18-14(24)10-23-15(25)5-4-13(21-23)12-3-2-6-17-9-12/h2-6,9,11H,7-8,10H2,1H3,(H,18,24). The molecule has 0 fully saturated rings. The van der Waals surface area contributed by atoms with Crippen LogP contribution >= 0.6 is 11.8 Å². The van der Waals surface area contributed by atoms with Crippen LogP contribution in [-0.2, 0) is 18.4 Å². The molecule has 9 nitrogen and oxygen atoms in total. The Hall–Kier alpha value is -3.01. The molecule has 3 aromatic rings. The van der Waals surface area contributed by atoms with Gasteiger partial charge in [0.1, 0.15) is 12.9 Å². The number of pyridine rings is 1. The highest BCUT2D eigenvalue weighted by Gasteiger charge is 2.08. The van der Waals surface area contributed by atoms with Crippen LogP contribution < -0.4 is 10.9 Å². The number of aromatic nitrogens is 6. The predicted molar refractivity (Wildman–Crippen MR) is 96.5 cm³/mol. The molecule has 3 heterocycles. The Labute approximate surface area is 153 Å². The Bertz CT molecular complexity index is 939. The third kappa shape index (κ3) is 4.54. The van der Waals surface area contributed by atoms with Crippen molar-refractivity contribution in [3.63, 3.8) is 0 Å². The summed E-state index contributed by atoms with van der Waals surface area (Å²) < 4.78 is 2.95. The van der Waals surface area contributed by atoms with Crippen LogP contribution in [0.25, 0.3) is 11.3 Å². The van der Waals surface area contributed by atoms with Gasteiger partial charge in [0.2, 0.25) is 5.91 Å². The first-order valence-corrected chi connectivity index (χ1v) is 8.84. The number of amides is 1. The summed E-state index contributed by atoms with van der Waals surface area (Å²) in [6.45, 7) is 0.314. The van der Waals surface area contributed by atoms with E-state index >= 15 is 0 Å². The molecule has 3 rings (SSSR count). The molecule has 0 aliphatic carbocycles. The van der Waals surface area contributed by atoms with Crippen LogP contribution in [0.4, 0.5) is 0 Å². The van der Waals surface area contributed by atoms with Gasteiger partial charge in [0, 0.05) is 43.4 Å². The molecule has 1 amide bonds. The highest BCUT2D eigenvalue weighted by Crippen LogP contribution is 2.13. The zero-order valence-corrected chi connectivity index (χ0v) is 14.9. The zero-order valence-electron chi connectivity index (χ0n) is 14.1. The molecule has 0 bridgehead atoms. The quantitative estimate of drug-likeness (QED) is 0.471. The molecule has 1 N–H and O–H groups in total. The van der Waals surface area contributed by atoms with Crippen molar-refractivity contribution in [1.82, 2.24) is 34.8 Å². The molecule has 0 aliphatic rings. The minimum atomic E-state index is -0.332.